The highest BCUT2D eigenvalue weighted by Crippen LogP contribution is 2.22. The topological polar surface area (TPSA) is 82.2 Å². The molecule has 0 bridgehead atoms. The van der Waals surface area contributed by atoms with Gasteiger partial charge in [-0.05, 0) is 39.8 Å². The van der Waals surface area contributed by atoms with E-state index in [0.29, 0.717) is 12.3 Å². The van der Waals surface area contributed by atoms with E-state index in [1.54, 1.807) is 0 Å². The first-order valence-corrected chi connectivity index (χ1v) is 7.47. The van der Waals surface area contributed by atoms with Gasteiger partial charge in [0.05, 0.1) is 17.6 Å². The van der Waals surface area contributed by atoms with Crippen LogP contribution in [-0.4, -0.2) is 27.6 Å². The zero-order valence-electron chi connectivity index (χ0n) is 13.6. The van der Waals surface area contributed by atoms with E-state index in [1.807, 2.05) is 45.9 Å². The number of carbonyl (C=O) groups is 1. The quantitative estimate of drug-likeness (QED) is 0.882. The lowest BCUT2D eigenvalue weighted by Crippen LogP contribution is -2.43. The number of nitrogens with zero attached hydrogens (tertiary/aromatic N) is 2. The summed E-state index contributed by atoms with van der Waals surface area (Å²) in [7, 11) is 0. The summed E-state index contributed by atoms with van der Waals surface area (Å²) < 4.78 is 7.63. The van der Waals surface area contributed by atoms with Crippen molar-refractivity contribution in [3.63, 3.8) is 0 Å². The maximum absolute atomic E-state index is 11.8. The van der Waals surface area contributed by atoms with Crippen molar-refractivity contribution >= 4 is 16.9 Å². The highest BCUT2D eigenvalue weighted by atomic mass is 16.5. The molecule has 2 rings (SSSR count). The molecule has 1 aromatic carbocycles. The maximum atomic E-state index is 11.8. The van der Waals surface area contributed by atoms with Gasteiger partial charge in [0.15, 0.2) is 6.61 Å². The normalized spacial score (nSPS) is 11.7. The van der Waals surface area contributed by atoms with Crippen LogP contribution in [0.25, 0.3) is 11.0 Å². The third-order valence-electron chi connectivity index (χ3n) is 3.18. The Labute approximate surface area is 130 Å². The lowest BCUT2D eigenvalue weighted by atomic mass is 10.1. The SMILES string of the molecule is CCn1c(CN)nc2ccc(OCC(=O)NC(C)(C)C)cc21. The summed E-state index contributed by atoms with van der Waals surface area (Å²) in [5, 5.41) is 2.86. The zero-order valence-corrected chi connectivity index (χ0v) is 13.6. The average molecular weight is 304 g/mol. The molecule has 3 N–H and O–H groups in total. The van der Waals surface area contributed by atoms with E-state index in [2.05, 4.69) is 14.9 Å². The van der Waals surface area contributed by atoms with E-state index in [-0.39, 0.29) is 18.1 Å². The van der Waals surface area contributed by atoms with Crippen molar-refractivity contribution in [2.24, 2.45) is 5.73 Å². The Bertz CT molecular complexity index is 671. The number of nitrogens with two attached hydrogens (primary N) is 1. The van der Waals surface area contributed by atoms with Crippen molar-refractivity contribution in [3.8, 4) is 5.75 Å². The molecule has 0 unspecified atom stereocenters. The largest absolute Gasteiger partial charge is 0.484 e. The van der Waals surface area contributed by atoms with E-state index in [4.69, 9.17) is 10.5 Å². The number of hydrogen-bond acceptors (Lipinski definition) is 4. The molecular formula is C16H24N4O2. The molecular weight excluding hydrogens is 280 g/mol. The molecule has 0 atom stereocenters. The molecule has 1 heterocycles. The molecule has 0 fully saturated rings. The summed E-state index contributed by atoms with van der Waals surface area (Å²) in [4.78, 5) is 16.3. The van der Waals surface area contributed by atoms with Crippen molar-refractivity contribution in [2.75, 3.05) is 6.61 Å². The number of carbonyl (C=O) groups excluding carboxylic acids is 1. The Kier molecular flexibility index (Phi) is 4.71. The van der Waals surface area contributed by atoms with Gasteiger partial charge in [-0.2, -0.15) is 0 Å². The van der Waals surface area contributed by atoms with Gasteiger partial charge in [0, 0.05) is 18.2 Å². The molecule has 1 aromatic heterocycles. The molecule has 0 radical (unpaired) electrons. The lowest BCUT2D eigenvalue weighted by Gasteiger charge is -2.20. The number of aryl methyl sites for hydroxylation is 1. The average Bonchev–Trinajstić information content (AvgIpc) is 2.80. The Morgan fingerprint density at radius 2 is 2.14 bits per heavy atom. The summed E-state index contributed by atoms with van der Waals surface area (Å²) in [6.07, 6.45) is 0. The van der Waals surface area contributed by atoms with Crippen LogP contribution in [0.2, 0.25) is 0 Å². The van der Waals surface area contributed by atoms with Gasteiger partial charge < -0.3 is 20.4 Å². The van der Waals surface area contributed by atoms with Crippen molar-refractivity contribution in [2.45, 2.75) is 46.3 Å². The standard InChI is InChI=1S/C16H24N4O2/c1-5-20-13-8-11(6-7-12(13)18-14(20)9-17)22-10-15(21)19-16(2,3)4/h6-8H,5,9-10,17H2,1-4H3,(H,19,21). The number of imidazole rings is 1. The Morgan fingerprint density at radius 3 is 2.73 bits per heavy atom. The lowest BCUT2D eigenvalue weighted by molar-refractivity contribution is -0.124. The second kappa shape index (κ2) is 6.36. The fraction of sp³-hybridized carbons (Fsp3) is 0.500. The van der Waals surface area contributed by atoms with Crippen LogP contribution in [-0.2, 0) is 17.9 Å². The van der Waals surface area contributed by atoms with Gasteiger partial charge in [-0.1, -0.05) is 0 Å². The summed E-state index contributed by atoms with van der Waals surface area (Å²) in [5.41, 5.74) is 7.31. The van der Waals surface area contributed by atoms with E-state index in [9.17, 15) is 4.79 Å². The predicted octanol–water partition coefficient (Wildman–Crippen LogP) is 1.81. The van der Waals surface area contributed by atoms with E-state index in [1.165, 1.54) is 0 Å². The Hall–Kier alpha value is -2.08. The monoisotopic (exact) mass is 304 g/mol. The van der Waals surface area contributed by atoms with E-state index >= 15 is 0 Å². The molecule has 0 saturated carbocycles. The maximum Gasteiger partial charge on any atom is 0.258 e. The fourth-order valence-corrected chi connectivity index (χ4v) is 2.35. The minimum Gasteiger partial charge on any atom is -0.484 e. The third kappa shape index (κ3) is 3.76. The van der Waals surface area contributed by atoms with Crippen LogP contribution in [0, 0.1) is 0 Å². The minimum atomic E-state index is -0.263. The van der Waals surface area contributed by atoms with Gasteiger partial charge in [-0.3, -0.25) is 4.79 Å². The first-order valence-electron chi connectivity index (χ1n) is 7.47. The summed E-state index contributed by atoms with van der Waals surface area (Å²) in [6.45, 7) is 9.03. The number of ether oxygens (including phenoxy) is 1. The molecule has 1 amide bonds. The number of amides is 1. The molecule has 0 aliphatic carbocycles. The number of benzene rings is 1. The van der Waals surface area contributed by atoms with Crippen molar-refractivity contribution in [1.29, 1.82) is 0 Å². The number of fused-ring (bicyclic) bond motifs is 1. The molecule has 120 valence electrons. The zero-order chi connectivity index (χ0) is 16.3. The van der Waals surface area contributed by atoms with Crippen LogP contribution in [0.3, 0.4) is 0 Å². The van der Waals surface area contributed by atoms with Gasteiger partial charge in [0.1, 0.15) is 11.6 Å². The van der Waals surface area contributed by atoms with Crippen LogP contribution < -0.4 is 15.8 Å². The molecule has 2 aromatic rings. The second-order valence-corrected chi connectivity index (χ2v) is 6.21. The molecule has 22 heavy (non-hydrogen) atoms. The van der Waals surface area contributed by atoms with Crippen molar-refractivity contribution < 1.29 is 9.53 Å². The first kappa shape index (κ1) is 16.3. The van der Waals surface area contributed by atoms with Crippen molar-refractivity contribution in [3.05, 3.63) is 24.0 Å². The Morgan fingerprint density at radius 1 is 1.41 bits per heavy atom. The van der Waals surface area contributed by atoms with E-state index < -0.39 is 0 Å². The summed E-state index contributed by atoms with van der Waals surface area (Å²) in [6, 6.07) is 5.60. The molecule has 0 aliphatic heterocycles. The number of rotatable bonds is 5. The van der Waals surface area contributed by atoms with Gasteiger partial charge in [0.2, 0.25) is 0 Å². The van der Waals surface area contributed by atoms with Gasteiger partial charge in [-0.25, -0.2) is 4.98 Å². The smallest absolute Gasteiger partial charge is 0.258 e. The summed E-state index contributed by atoms with van der Waals surface area (Å²) in [5.74, 6) is 1.36. The predicted molar refractivity (Wildman–Crippen MR) is 86.7 cm³/mol. The fourth-order valence-electron chi connectivity index (χ4n) is 2.35. The molecule has 0 aliphatic rings. The van der Waals surface area contributed by atoms with Crippen LogP contribution in [0.5, 0.6) is 5.75 Å². The number of nitrogens with one attached hydrogen (secondary N) is 1. The number of hydrogen-bond donors (Lipinski definition) is 2. The minimum absolute atomic E-state index is 0.00716. The van der Waals surface area contributed by atoms with Crippen LogP contribution >= 0.6 is 0 Å². The molecule has 0 spiro atoms. The summed E-state index contributed by atoms with van der Waals surface area (Å²) >= 11 is 0. The van der Waals surface area contributed by atoms with Crippen LogP contribution in [0.1, 0.15) is 33.5 Å². The van der Waals surface area contributed by atoms with Crippen molar-refractivity contribution in [1.82, 2.24) is 14.9 Å². The van der Waals surface area contributed by atoms with Gasteiger partial charge in [0.25, 0.3) is 5.91 Å². The Balaban J connectivity index is 2.14. The van der Waals surface area contributed by atoms with Gasteiger partial charge in [-0.15, -0.1) is 0 Å². The molecule has 6 nitrogen and oxygen atoms in total. The highest BCUT2D eigenvalue weighted by Gasteiger charge is 2.14. The molecule has 0 saturated heterocycles. The molecule has 6 heteroatoms. The first-order chi connectivity index (χ1) is 10.3. The van der Waals surface area contributed by atoms with Crippen LogP contribution in [0.4, 0.5) is 0 Å². The highest BCUT2D eigenvalue weighted by molar-refractivity contribution is 5.79. The second-order valence-electron chi connectivity index (χ2n) is 6.21. The third-order valence-corrected chi connectivity index (χ3v) is 3.18. The number of aromatic nitrogens is 2. The van der Waals surface area contributed by atoms with Crippen LogP contribution in [0.15, 0.2) is 18.2 Å². The van der Waals surface area contributed by atoms with E-state index in [0.717, 1.165) is 23.4 Å². The van der Waals surface area contributed by atoms with Gasteiger partial charge >= 0.3 is 0 Å².